The highest BCUT2D eigenvalue weighted by atomic mass is 32.2. The lowest BCUT2D eigenvalue weighted by Crippen LogP contribution is -2.41. The van der Waals surface area contributed by atoms with Gasteiger partial charge < -0.3 is 15.0 Å². The molecule has 3 rings (SSSR count). The summed E-state index contributed by atoms with van der Waals surface area (Å²) in [6.07, 6.45) is 5.57. The standard InChI is InChI=1S/C19H17FN4O4S/c1-3-16(25)15-7-5-13-17(29(27,28)23-15)10-24(2)18(13)19(26)22-12-4-6-14(20)11(8-12)9-21/h1,4,6,8,10,15-16,23,25H,5,7H2,2H3,(H,22,26)/t15-,16-/m1/s1. The fraction of sp³-hybridized carbons (Fsp3) is 0.263. The zero-order valence-electron chi connectivity index (χ0n) is 15.3. The Bertz CT molecular complexity index is 1170. The van der Waals surface area contributed by atoms with Gasteiger partial charge in [-0.3, -0.25) is 4.79 Å². The van der Waals surface area contributed by atoms with Gasteiger partial charge in [-0.2, -0.15) is 5.26 Å². The van der Waals surface area contributed by atoms with Crippen LogP contribution < -0.4 is 10.0 Å². The molecule has 150 valence electrons. The first-order chi connectivity index (χ1) is 13.7. The number of hydrogen-bond acceptors (Lipinski definition) is 5. The van der Waals surface area contributed by atoms with Crippen LogP contribution in [-0.4, -0.2) is 36.1 Å². The molecule has 0 saturated carbocycles. The van der Waals surface area contributed by atoms with Gasteiger partial charge in [0.2, 0.25) is 10.0 Å². The number of sulfonamides is 1. The number of aryl methyl sites for hydroxylation is 1. The molecule has 8 nitrogen and oxygen atoms in total. The monoisotopic (exact) mass is 416 g/mol. The second kappa shape index (κ2) is 7.68. The molecule has 10 heteroatoms. The highest BCUT2D eigenvalue weighted by molar-refractivity contribution is 7.89. The fourth-order valence-electron chi connectivity index (χ4n) is 3.26. The molecule has 1 aliphatic rings. The van der Waals surface area contributed by atoms with E-state index in [1.165, 1.54) is 29.9 Å². The van der Waals surface area contributed by atoms with Crippen molar-refractivity contribution in [3.05, 3.63) is 47.0 Å². The summed E-state index contributed by atoms with van der Waals surface area (Å²) in [4.78, 5) is 12.8. The van der Waals surface area contributed by atoms with E-state index in [-0.39, 0.29) is 40.2 Å². The van der Waals surface area contributed by atoms with Gasteiger partial charge in [0.25, 0.3) is 5.91 Å². The third kappa shape index (κ3) is 3.87. The maximum Gasteiger partial charge on any atom is 0.272 e. The Morgan fingerprint density at radius 2 is 2.24 bits per heavy atom. The van der Waals surface area contributed by atoms with Crippen molar-refractivity contribution in [2.45, 2.75) is 29.9 Å². The van der Waals surface area contributed by atoms with Crippen LogP contribution in [0.5, 0.6) is 0 Å². The van der Waals surface area contributed by atoms with Crippen LogP contribution in [0.4, 0.5) is 10.1 Å². The number of carbonyl (C=O) groups excluding carboxylic acids is 1. The van der Waals surface area contributed by atoms with E-state index in [0.717, 1.165) is 6.07 Å². The summed E-state index contributed by atoms with van der Waals surface area (Å²) in [5.41, 5.74) is 0.348. The molecule has 0 fully saturated rings. The number of rotatable bonds is 3. The molecule has 0 spiro atoms. The number of halogens is 1. The molecule has 1 aliphatic heterocycles. The first-order valence-electron chi connectivity index (χ1n) is 8.53. The van der Waals surface area contributed by atoms with Crippen LogP contribution in [0.1, 0.15) is 28.0 Å². The van der Waals surface area contributed by atoms with E-state index in [4.69, 9.17) is 11.7 Å². The van der Waals surface area contributed by atoms with Gasteiger partial charge in [0.1, 0.15) is 28.6 Å². The maximum atomic E-state index is 13.5. The number of aromatic nitrogens is 1. The Morgan fingerprint density at radius 3 is 2.90 bits per heavy atom. The van der Waals surface area contributed by atoms with Gasteiger partial charge in [0.05, 0.1) is 11.6 Å². The minimum absolute atomic E-state index is 0.0753. The number of terminal acetylenes is 1. The molecule has 0 aliphatic carbocycles. The van der Waals surface area contributed by atoms with Crippen molar-refractivity contribution in [2.75, 3.05) is 5.32 Å². The van der Waals surface area contributed by atoms with Crippen LogP contribution in [0.3, 0.4) is 0 Å². The Balaban J connectivity index is 1.97. The topological polar surface area (TPSA) is 124 Å². The van der Waals surface area contributed by atoms with Gasteiger partial charge in [-0.25, -0.2) is 17.5 Å². The van der Waals surface area contributed by atoms with Gasteiger partial charge in [-0.05, 0) is 31.0 Å². The van der Waals surface area contributed by atoms with Crippen molar-refractivity contribution in [2.24, 2.45) is 7.05 Å². The molecule has 1 aromatic heterocycles. The van der Waals surface area contributed by atoms with Gasteiger partial charge in [-0.1, -0.05) is 5.92 Å². The fourth-order valence-corrected chi connectivity index (χ4v) is 4.85. The smallest absolute Gasteiger partial charge is 0.272 e. The summed E-state index contributed by atoms with van der Waals surface area (Å²) in [5.74, 6) is 0.773. The van der Waals surface area contributed by atoms with E-state index < -0.39 is 33.9 Å². The van der Waals surface area contributed by atoms with Crippen molar-refractivity contribution >= 4 is 21.6 Å². The zero-order valence-corrected chi connectivity index (χ0v) is 16.1. The molecule has 1 aromatic carbocycles. The molecular formula is C19H17FN4O4S. The van der Waals surface area contributed by atoms with Crippen molar-refractivity contribution in [3.63, 3.8) is 0 Å². The molecule has 0 unspecified atom stereocenters. The Morgan fingerprint density at radius 1 is 1.52 bits per heavy atom. The maximum absolute atomic E-state index is 13.5. The summed E-state index contributed by atoms with van der Waals surface area (Å²) in [5, 5.41) is 21.3. The van der Waals surface area contributed by atoms with Gasteiger partial charge in [-0.15, -0.1) is 6.42 Å². The molecule has 29 heavy (non-hydrogen) atoms. The van der Waals surface area contributed by atoms with Crippen molar-refractivity contribution in [1.29, 1.82) is 5.26 Å². The summed E-state index contributed by atoms with van der Waals surface area (Å²) >= 11 is 0. The molecular weight excluding hydrogens is 399 g/mol. The minimum atomic E-state index is -4.01. The molecule has 0 bridgehead atoms. The third-order valence-electron chi connectivity index (χ3n) is 4.66. The second-order valence-electron chi connectivity index (χ2n) is 6.57. The number of aliphatic hydroxyl groups excluding tert-OH is 1. The van der Waals surface area contributed by atoms with Gasteiger partial charge in [0, 0.05) is 24.5 Å². The highest BCUT2D eigenvalue weighted by Crippen LogP contribution is 2.28. The average molecular weight is 416 g/mol. The summed E-state index contributed by atoms with van der Waals surface area (Å²) < 4.78 is 42.6. The Kier molecular flexibility index (Phi) is 5.44. The number of carbonyl (C=O) groups is 1. The van der Waals surface area contributed by atoms with Crippen LogP contribution in [0, 0.1) is 29.5 Å². The van der Waals surface area contributed by atoms with Gasteiger partial charge >= 0.3 is 0 Å². The summed E-state index contributed by atoms with van der Waals surface area (Å²) in [7, 11) is -2.48. The van der Waals surface area contributed by atoms with E-state index in [1.807, 2.05) is 0 Å². The van der Waals surface area contributed by atoms with Crippen LogP contribution in [0.2, 0.25) is 0 Å². The zero-order chi connectivity index (χ0) is 21.3. The van der Waals surface area contributed by atoms with Crippen molar-refractivity contribution in [3.8, 4) is 18.4 Å². The summed E-state index contributed by atoms with van der Waals surface area (Å²) in [6, 6.07) is 4.35. The number of benzene rings is 1. The quantitative estimate of drug-likeness (QED) is 0.641. The largest absolute Gasteiger partial charge is 0.379 e. The molecule has 0 radical (unpaired) electrons. The number of anilines is 1. The number of amides is 1. The van der Waals surface area contributed by atoms with E-state index in [1.54, 1.807) is 6.07 Å². The van der Waals surface area contributed by atoms with Crippen LogP contribution >= 0.6 is 0 Å². The van der Waals surface area contributed by atoms with E-state index in [0.29, 0.717) is 0 Å². The number of hydrogen-bond donors (Lipinski definition) is 3. The third-order valence-corrected chi connectivity index (χ3v) is 6.20. The van der Waals surface area contributed by atoms with Crippen LogP contribution in [0.25, 0.3) is 0 Å². The predicted molar refractivity (Wildman–Crippen MR) is 102 cm³/mol. The number of aliphatic hydroxyl groups is 1. The molecule has 3 N–H and O–H groups in total. The number of nitrogens with zero attached hydrogens (tertiary/aromatic N) is 2. The lowest BCUT2D eigenvalue weighted by molar-refractivity contribution is 0.101. The van der Waals surface area contributed by atoms with E-state index in [2.05, 4.69) is 16.0 Å². The molecule has 1 amide bonds. The highest BCUT2D eigenvalue weighted by Gasteiger charge is 2.34. The number of fused-ring (bicyclic) bond motifs is 1. The first kappa shape index (κ1) is 20.6. The Labute approximate surface area is 167 Å². The van der Waals surface area contributed by atoms with Crippen molar-refractivity contribution < 1.29 is 22.7 Å². The minimum Gasteiger partial charge on any atom is -0.379 e. The summed E-state index contributed by atoms with van der Waals surface area (Å²) in [6.45, 7) is 0. The van der Waals surface area contributed by atoms with Crippen LogP contribution in [0.15, 0.2) is 29.3 Å². The van der Waals surface area contributed by atoms with E-state index in [9.17, 15) is 22.7 Å². The van der Waals surface area contributed by atoms with E-state index >= 15 is 0 Å². The molecule has 2 heterocycles. The number of nitriles is 1. The second-order valence-corrected chi connectivity index (χ2v) is 8.25. The molecule has 0 saturated heterocycles. The SMILES string of the molecule is C#C[C@@H](O)[C@H]1CCc2c(cn(C)c2C(=O)Nc2ccc(F)c(C#N)c2)S(=O)(=O)N1. The predicted octanol–water partition coefficient (Wildman–Crippen LogP) is 0.875. The Hall–Kier alpha value is -3.18. The average Bonchev–Trinajstić information content (AvgIpc) is 2.96. The normalized spacial score (nSPS) is 18.6. The van der Waals surface area contributed by atoms with Crippen molar-refractivity contribution in [1.82, 2.24) is 9.29 Å². The number of nitrogens with one attached hydrogen (secondary N) is 2. The van der Waals surface area contributed by atoms with Gasteiger partial charge in [0.15, 0.2) is 0 Å². The molecule has 2 atom stereocenters. The van der Waals surface area contributed by atoms with Crippen LogP contribution in [-0.2, 0) is 23.5 Å². The molecule has 2 aromatic rings. The lowest BCUT2D eigenvalue weighted by atomic mass is 10.0. The lowest BCUT2D eigenvalue weighted by Gasteiger charge is -2.17. The first-order valence-corrected chi connectivity index (χ1v) is 10.0.